The Balaban J connectivity index is 2.19. The summed E-state index contributed by atoms with van der Waals surface area (Å²) in [5, 5.41) is 5.54. The highest BCUT2D eigenvalue weighted by Gasteiger charge is 2.14. The minimum Gasteiger partial charge on any atom is -0.444 e. The second-order valence-electron chi connectivity index (χ2n) is 5.72. The van der Waals surface area contributed by atoms with Crippen molar-refractivity contribution in [3.63, 3.8) is 0 Å². The smallest absolute Gasteiger partial charge is 0.407 e. The topological polar surface area (TPSA) is 50.4 Å². The molecule has 0 aliphatic heterocycles. The number of hydrogen-bond donors (Lipinski definition) is 2. The van der Waals surface area contributed by atoms with Gasteiger partial charge in [0.25, 0.3) is 0 Å². The van der Waals surface area contributed by atoms with Crippen molar-refractivity contribution in [1.82, 2.24) is 10.6 Å². The first-order valence-electron chi connectivity index (χ1n) is 7.04. The summed E-state index contributed by atoms with van der Waals surface area (Å²) in [5.41, 5.74) is -0.245. The lowest BCUT2D eigenvalue weighted by Gasteiger charge is -2.19. The van der Waals surface area contributed by atoms with Gasteiger partial charge in [-0.2, -0.15) is 0 Å². The molecule has 0 atom stereocenters. The van der Waals surface area contributed by atoms with E-state index < -0.39 is 23.3 Å². The molecule has 1 aromatic rings. The molecule has 122 valence electrons. The van der Waals surface area contributed by atoms with Gasteiger partial charge in [0.1, 0.15) is 17.2 Å². The number of nitrogens with one attached hydrogen (secondary N) is 2. The number of amides is 1. The molecule has 0 aromatic heterocycles. The summed E-state index contributed by atoms with van der Waals surface area (Å²) in [5.74, 6) is -0.903. The number of hydrogen-bond acceptors (Lipinski definition) is 3. The van der Waals surface area contributed by atoms with E-state index in [-0.39, 0.29) is 12.1 Å². The molecule has 0 saturated heterocycles. The summed E-state index contributed by atoms with van der Waals surface area (Å²) in [6, 6.07) is 3.35. The SMILES string of the molecule is CC(C)(C)OC(=O)NC/C=C/CNCc1cc(F)ccc1F. The van der Waals surface area contributed by atoms with Crippen LogP contribution in [0, 0.1) is 11.6 Å². The Kier molecular flexibility index (Phi) is 6.98. The number of halogens is 2. The molecule has 0 saturated carbocycles. The third-order valence-corrected chi connectivity index (χ3v) is 2.52. The fourth-order valence-electron chi connectivity index (χ4n) is 1.59. The number of ether oxygens (including phenoxy) is 1. The van der Waals surface area contributed by atoms with Crippen molar-refractivity contribution in [1.29, 1.82) is 0 Å². The van der Waals surface area contributed by atoms with E-state index in [1.807, 2.05) is 0 Å². The zero-order chi connectivity index (χ0) is 16.6. The maximum absolute atomic E-state index is 13.3. The fraction of sp³-hybridized carbons (Fsp3) is 0.438. The minimum absolute atomic E-state index is 0.230. The molecule has 2 N–H and O–H groups in total. The van der Waals surface area contributed by atoms with Crippen LogP contribution in [0.3, 0.4) is 0 Å². The number of rotatable bonds is 6. The van der Waals surface area contributed by atoms with Crippen molar-refractivity contribution in [2.75, 3.05) is 13.1 Å². The van der Waals surface area contributed by atoms with Crippen LogP contribution in [-0.2, 0) is 11.3 Å². The van der Waals surface area contributed by atoms with Gasteiger partial charge in [0.2, 0.25) is 0 Å². The molecule has 0 radical (unpaired) electrons. The van der Waals surface area contributed by atoms with E-state index in [2.05, 4.69) is 10.6 Å². The number of carbonyl (C=O) groups is 1. The van der Waals surface area contributed by atoms with Gasteiger partial charge in [-0.3, -0.25) is 0 Å². The van der Waals surface area contributed by atoms with Crippen LogP contribution in [0.5, 0.6) is 0 Å². The Morgan fingerprint density at radius 1 is 1.23 bits per heavy atom. The number of alkyl carbamates (subject to hydrolysis) is 1. The molecule has 1 rings (SSSR count). The Labute approximate surface area is 129 Å². The molecule has 0 spiro atoms. The van der Waals surface area contributed by atoms with Crippen molar-refractivity contribution >= 4 is 6.09 Å². The van der Waals surface area contributed by atoms with Gasteiger partial charge in [-0.15, -0.1) is 0 Å². The van der Waals surface area contributed by atoms with Gasteiger partial charge in [-0.1, -0.05) is 12.2 Å². The fourth-order valence-corrected chi connectivity index (χ4v) is 1.59. The van der Waals surface area contributed by atoms with Crippen LogP contribution in [0.15, 0.2) is 30.4 Å². The first-order valence-corrected chi connectivity index (χ1v) is 7.04. The lowest BCUT2D eigenvalue weighted by atomic mass is 10.2. The van der Waals surface area contributed by atoms with Crippen molar-refractivity contribution in [3.05, 3.63) is 47.5 Å². The van der Waals surface area contributed by atoms with Crippen LogP contribution < -0.4 is 10.6 Å². The molecular formula is C16H22F2N2O2. The highest BCUT2D eigenvalue weighted by molar-refractivity contribution is 5.67. The molecular weight excluding hydrogens is 290 g/mol. The van der Waals surface area contributed by atoms with E-state index in [4.69, 9.17) is 4.74 Å². The molecule has 6 heteroatoms. The third-order valence-electron chi connectivity index (χ3n) is 2.52. The van der Waals surface area contributed by atoms with Crippen molar-refractivity contribution in [2.24, 2.45) is 0 Å². The molecule has 0 bridgehead atoms. The van der Waals surface area contributed by atoms with Crippen LogP contribution in [-0.4, -0.2) is 24.8 Å². The predicted octanol–water partition coefficient (Wildman–Crippen LogP) is 3.14. The minimum atomic E-state index is -0.523. The molecule has 0 unspecified atom stereocenters. The summed E-state index contributed by atoms with van der Waals surface area (Å²) in [6.07, 6.45) is 3.06. The molecule has 1 aromatic carbocycles. The van der Waals surface area contributed by atoms with Gasteiger partial charge >= 0.3 is 6.09 Å². The van der Waals surface area contributed by atoms with E-state index in [0.717, 1.165) is 18.2 Å². The Morgan fingerprint density at radius 3 is 2.59 bits per heavy atom. The largest absolute Gasteiger partial charge is 0.444 e. The number of carbonyl (C=O) groups excluding carboxylic acids is 1. The van der Waals surface area contributed by atoms with Crippen molar-refractivity contribution < 1.29 is 18.3 Å². The second kappa shape index (κ2) is 8.48. The lowest BCUT2D eigenvalue weighted by molar-refractivity contribution is 0.0534. The highest BCUT2D eigenvalue weighted by Crippen LogP contribution is 2.09. The maximum Gasteiger partial charge on any atom is 0.407 e. The van der Waals surface area contributed by atoms with E-state index >= 15 is 0 Å². The monoisotopic (exact) mass is 312 g/mol. The molecule has 0 fully saturated rings. The predicted molar refractivity (Wildman–Crippen MR) is 81.4 cm³/mol. The molecule has 0 heterocycles. The van der Waals surface area contributed by atoms with E-state index in [0.29, 0.717) is 13.1 Å². The average Bonchev–Trinajstić information content (AvgIpc) is 2.39. The zero-order valence-corrected chi connectivity index (χ0v) is 13.1. The van der Waals surface area contributed by atoms with Crippen LogP contribution in [0.25, 0.3) is 0 Å². The second-order valence-corrected chi connectivity index (χ2v) is 5.72. The van der Waals surface area contributed by atoms with Crippen molar-refractivity contribution in [3.8, 4) is 0 Å². The lowest BCUT2D eigenvalue weighted by Crippen LogP contribution is -2.32. The van der Waals surface area contributed by atoms with Gasteiger partial charge in [0.15, 0.2) is 0 Å². The quantitative estimate of drug-likeness (QED) is 0.627. The summed E-state index contributed by atoms with van der Waals surface area (Å²) in [6.45, 7) is 6.41. The van der Waals surface area contributed by atoms with Crippen molar-refractivity contribution in [2.45, 2.75) is 32.9 Å². The summed E-state index contributed by atoms with van der Waals surface area (Å²) >= 11 is 0. The standard InChI is InChI=1S/C16H22F2N2O2/c1-16(2,3)22-15(21)20-9-5-4-8-19-11-12-10-13(17)6-7-14(12)18/h4-7,10,19H,8-9,11H2,1-3H3,(H,20,21)/b5-4+. The van der Waals surface area contributed by atoms with E-state index in [1.165, 1.54) is 0 Å². The van der Waals surface area contributed by atoms with Gasteiger partial charge in [0, 0.05) is 25.2 Å². The van der Waals surface area contributed by atoms with E-state index in [9.17, 15) is 13.6 Å². The van der Waals surface area contributed by atoms with Crippen LogP contribution in [0.4, 0.5) is 13.6 Å². The first kappa shape index (κ1) is 18.1. The zero-order valence-electron chi connectivity index (χ0n) is 13.1. The van der Waals surface area contributed by atoms with Gasteiger partial charge < -0.3 is 15.4 Å². The van der Waals surface area contributed by atoms with E-state index in [1.54, 1.807) is 32.9 Å². The number of benzene rings is 1. The van der Waals surface area contributed by atoms with Gasteiger partial charge in [-0.25, -0.2) is 13.6 Å². The summed E-state index contributed by atoms with van der Waals surface area (Å²) < 4.78 is 31.4. The molecule has 4 nitrogen and oxygen atoms in total. The van der Waals surface area contributed by atoms with Crippen LogP contribution in [0.1, 0.15) is 26.3 Å². The van der Waals surface area contributed by atoms with Crippen LogP contribution in [0.2, 0.25) is 0 Å². The third kappa shape index (κ3) is 7.73. The molecule has 0 aliphatic carbocycles. The van der Waals surface area contributed by atoms with Gasteiger partial charge in [-0.05, 0) is 39.0 Å². The first-order chi connectivity index (χ1) is 10.3. The Bertz CT molecular complexity index is 525. The molecule has 22 heavy (non-hydrogen) atoms. The Hall–Kier alpha value is -1.95. The highest BCUT2D eigenvalue weighted by atomic mass is 19.1. The van der Waals surface area contributed by atoms with Crippen LogP contribution >= 0.6 is 0 Å². The van der Waals surface area contributed by atoms with Gasteiger partial charge in [0.05, 0.1) is 0 Å². The summed E-state index contributed by atoms with van der Waals surface area (Å²) in [7, 11) is 0. The molecule has 1 amide bonds. The normalized spacial score (nSPS) is 11.7. The Morgan fingerprint density at radius 2 is 1.91 bits per heavy atom. The summed E-state index contributed by atoms with van der Waals surface area (Å²) in [4.78, 5) is 11.3. The molecule has 0 aliphatic rings. The maximum atomic E-state index is 13.3. The average molecular weight is 312 g/mol.